The van der Waals surface area contributed by atoms with Crippen molar-refractivity contribution in [1.29, 1.82) is 0 Å². The smallest absolute Gasteiger partial charge is 0.180 e. The standard InChI is InChI=1S/C5H8N2OS2/c1-10(8)3-4-2-9-5(6)7-4/h2H,3H2,1H3,(H2,6,7)/t10-/m1/s1. The molecular weight excluding hydrogens is 168 g/mol. The predicted octanol–water partition coefficient (Wildman–Crippen LogP) is 0.604. The van der Waals surface area contributed by atoms with Crippen LogP contribution in [0, 0.1) is 0 Å². The molecule has 0 aliphatic heterocycles. The van der Waals surface area contributed by atoms with E-state index in [1.165, 1.54) is 11.3 Å². The second-order valence-electron chi connectivity index (χ2n) is 1.89. The van der Waals surface area contributed by atoms with Gasteiger partial charge >= 0.3 is 0 Å². The Morgan fingerprint density at radius 1 is 1.90 bits per heavy atom. The molecule has 0 aliphatic rings. The number of nitrogens with zero attached hydrogens (tertiary/aromatic N) is 1. The van der Waals surface area contributed by atoms with E-state index in [-0.39, 0.29) is 0 Å². The summed E-state index contributed by atoms with van der Waals surface area (Å²) in [7, 11) is -0.815. The van der Waals surface area contributed by atoms with Gasteiger partial charge in [-0.2, -0.15) is 0 Å². The molecule has 0 unspecified atom stereocenters. The monoisotopic (exact) mass is 176 g/mol. The third kappa shape index (κ3) is 2.07. The highest BCUT2D eigenvalue weighted by Crippen LogP contribution is 2.11. The predicted molar refractivity (Wildman–Crippen MR) is 44.3 cm³/mol. The third-order valence-corrected chi connectivity index (χ3v) is 2.35. The number of rotatable bonds is 2. The van der Waals surface area contributed by atoms with Gasteiger partial charge in [0.05, 0.1) is 11.4 Å². The molecule has 0 aliphatic carbocycles. The maximum Gasteiger partial charge on any atom is 0.180 e. The van der Waals surface area contributed by atoms with Crippen LogP contribution in [0.25, 0.3) is 0 Å². The Morgan fingerprint density at radius 2 is 2.60 bits per heavy atom. The van der Waals surface area contributed by atoms with E-state index in [0.29, 0.717) is 10.9 Å². The van der Waals surface area contributed by atoms with Crippen LogP contribution in [0.3, 0.4) is 0 Å². The fourth-order valence-corrected chi connectivity index (χ4v) is 1.83. The number of nitrogens with two attached hydrogens (primary N) is 1. The molecule has 0 bridgehead atoms. The summed E-state index contributed by atoms with van der Waals surface area (Å²) in [6.45, 7) is 0. The van der Waals surface area contributed by atoms with E-state index in [2.05, 4.69) is 4.98 Å². The van der Waals surface area contributed by atoms with Crippen LogP contribution in [0.4, 0.5) is 5.13 Å². The molecule has 0 aromatic carbocycles. The van der Waals surface area contributed by atoms with E-state index >= 15 is 0 Å². The molecule has 3 nitrogen and oxygen atoms in total. The van der Waals surface area contributed by atoms with Crippen molar-refractivity contribution in [2.75, 3.05) is 12.0 Å². The van der Waals surface area contributed by atoms with Crippen LogP contribution in [0.15, 0.2) is 5.38 Å². The van der Waals surface area contributed by atoms with Gasteiger partial charge in [0, 0.05) is 22.4 Å². The van der Waals surface area contributed by atoms with E-state index in [9.17, 15) is 4.21 Å². The molecule has 10 heavy (non-hydrogen) atoms. The largest absolute Gasteiger partial charge is 0.375 e. The lowest BCUT2D eigenvalue weighted by Gasteiger charge is -1.87. The van der Waals surface area contributed by atoms with Crippen molar-refractivity contribution >= 4 is 27.3 Å². The van der Waals surface area contributed by atoms with Gasteiger partial charge in [-0.3, -0.25) is 4.21 Å². The Hall–Kier alpha value is -0.420. The van der Waals surface area contributed by atoms with Crippen molar-refractivity contribution in [1.82, 2.24) is 4.98 Å². The lowest BCUT2D eigenvalue weighted by molar-refractivity contribution is 0.686. The second-order valence-corrected chi connectivity index (χ2v) is 4.22. The summed E-state index contributed by atoms with van der Waals surface area (Å²) in [5, 5.41) is 2.37. The summed E-state index contributed by atoms with van der Waals surface area (Å²) in [5.41, 5.74) is 6.19. The van der Waals surface area contributed by atoms with Gasteiger partial charge in [-0.05, 0) is 0 Å². The van der Waals surface area contributed by atoms with Gasteiger partial charge in [0.1, 0.15) is 0 Å². The number of hydrogen-bond acceptors (Lipinski definition) is 4. The van der Waals surface area contributed by atoms with E-state index in [1.807, 2.05) is 5.38 Å². The zero-order chi connectivity index (χ0) is 7.56. The van der Waals surface area contributed by atoms with Gasteiger partial charge in [-0.1, -0.05) is 0 Å². The molecule has 1 heterocycles. The molecule has 1 atom stereocenters. The molecule has 1 aromatic heterocycles. The molecule has 1 rings (SSSR count). The van der Waals surface area contributed by atoms with E-state index in [4.69, 9.17) is 5.73 Å². The van der Waals surface area contributed by atoms with Crippen molar-refractivity contribution in [2.45, 2.75) is 5.75 Å². The quantitative estimate of drug-likeness (QED) is 0.718. The van der Waals surface area contributed by atoms with Crippen molar-refractivity contribution < 1.29 is 4.21 Å². The van der Waals surface area contributed by atoms with Crippen LogP contribution >= 0.6 is 11.3 Å². The Kier molecular flexibility index (Phi) is 2.39. The Balaban J connectivity index is 2.67. The molecule has 0 saturated heterocycles. The van der Waals surface area contributed by atoms with Crippen LogP contribution in [0.2, 0.25) is 0 Å². The molecule has 1 aromatic rings. The van der Waals surface area contributed by atoms with Gasteiger partial charge in [-0.15, -0.1) is 11.3 Å². The number of anilines is 1. The van der Waals surface area contributed by atoms with Gasteiger partial charge in [0.15, 0.2) is 5.13 Å². The average molecular weight is 176 g/mol. The Bertz CT molecular complexity index is 246. The molecule has 0 fully saturated rings. The Labute approximate surface area is 65.7 Å². The molecule has 0 saturated carbocycles. The van der Waals surface area contributed by atoms with Crippen LogP contribution in [0.5, 0.6) is 0 Å². The zero-order valence-corrected chi connectivity index (χ0v) is 7.17. The highest BCUT2D eigenvalue weighted by molar-refractivity contribution is 7.83. The normalized spacial score (nSPS) is 13.3. The molecule has 0 amide bonds. The van der Waals surface area contributed by atoms with Gasteiger partial charge in [0.25, 0.3) is 0 Å². The van der Waals surface area contributed by atoms with Crippen LogP contribution in [-0.2, 0) is 16.6 Å². The first kappa shape index (κ1) is 7.68. The average Bonchev–Trinajstić information content (AvgIpc) is 2.13. The molecule has 0 spiro atoms. The first-order valence-electron chi connectivity index (χ1n) is 2.68. The first-order chi connectivity index (χ1) is 4.68. The van der Waals surface area contributed by atoms with Crippen LogP contribution < -0.4 is 5.73 Å². The summed E-state index contributed by atoms with van der Waals surface area (Å²) >= 11 is 1.38. The lowest BCUT2D eigenvalue weighted by atomic mass is 10.6. The topological polar surface area (TPSA) is 56.0 Å². The minimum Gasteiger partial charge on any atom is -0.375 e. The Morgan fingerprint density at radius 3 is 3.00 bits per heavy atom. The van der Waals surface area contributed by atoms with E-state index < -0.39 is 10.8 Å². The van der Waals surface area contributed by atoms with E-state index in [0.717, 1.165) is 5.69 Å². The maximum atomic E-state index is 10.7. The summed E-state index contributed by atoms with van der Waals surface area (Å²) in [5.74, 6) is 0.508. The fraction of sp³-hybridized carbons (Fsp3) is 0.400. The summed E-state index contributed by atoms with van der Waals surface area (Å²) < 4.78 is 10.7. The fourth-order valence-electron chi connectivity index (χ4n) is 0.597. The number of aromatic nitrogens is 1. The summed E-state index contributed by atoms with van der Waals surface area (Å²) in [4.78, 5) is 3.95. The summed E-state index contributed by atoms with van der Waals surface area (Å²) in [6.07, 6.45) is 1.65. The van der Waals surface area contributed by atoms with Crippen molar-refractivity contribution in [2.24, 2.45) is 0 Å². The van der Waals surface area contributed by atoms with Gasteiger partial charge < -0.3 is 5.73 Å². The lowest BCUT2D eigenvalue weighted by Crippen LogP contribution is -1.92. The maximum absolute atomic E-state index is 10.7. The third-order valence-electron chi connectivity index (χ3n) is 0.921. The van der Waals surface area contributed by atoms with Crippen molar-refractivity contribution in [3.8, 4) is 0 Å². The number of hydrogen-bond donors (Lipinski definition) is 1. The van der Waals surface area contributed by atoms with Gasteiger partial charge in [0.2, 0.25) is 0 Å². The molecule has 0 radical (unpaired) electrons. The minimum atomic E-state index is -0.815. The van der Waals surface area contributed by atoms with Crippen molar-refractivity contribution in [3.63, 3.8) is 0 Å². The second kappa shape index (κ2) is 3.12. The SMILES string of the molecule is C[S@@](=O)Cc1csc(N)n1. The molecular formula is C5H8N2OS2. The van der Waals surface area contributed by atoms with Gasteiger partial charge in [-0.25, -0.2) is 4.98 Å². The van der Waals surface area contributed by atoms with Crippen molar-refractivity contribution in [3.05, 3.63) is 11.1 Å². The number of nitrogen functional groups attached to an aromatic ring is 1. The molecule has 5 heteroatoms. The summed E-state index contributed by atoms with van der Waals surface area (Å²) in [6, 6.07) is 0. The number of thiazole rings is 1. The minimum absolute atomic E-state index is 0.508. The highest BCUT2D eigenvalue weighted by Gasteiger charge is 1.99. The molecule has 2 N–H and O–H groups in total. The first-order valence-corrected chi connectivity index (χ1v) is 5.29. The van der Waals surface area contributed by atoms with Crippen LogP contribution in [-0.4, -0.2) is 15.4 Å². The zero-order valence-electron chi connectivity index (χ0n) is 5.53. The van der Waals surface area contributed by atoms with Crippen LogP contribution in [0.1, 0.15) is 5.69 Å². The highest BCUT2D eigenvalue weighted by atomic mass is 32.2. The van der Waals surface area contributed by atoms with E-state index in [1.54, 1.807) is 6.26 Å². The molecule has 56 valence electrons.